The summed E-state index contributed by atoms with van der Waals surface area (Å²) in [6.07, 6.45) is 6.02. The van der Waals surface area contributed by atoms with E-state index >= 15 is 0 Å². The lowest BCUT2D eigenvalue weighted by atomic mass is 10.3. The molecule has 0 atom stereocenters. The molecule has 0 saturated heterocycles. The van der Waals surface area contributed by atoms with Crippen LogP contribution in [-0.2, 0) is 4.79 Å². The summed E-state index contributed by atoms with van der Waals surface area (Å²) in [5, 5.41) is 0. The molecule has 0 N–H and O–H groups in total. The minimum Gasteiger partial charge on any atom is -0.303 e. The highest BCUT2D eigenvalue weighted by Crippen LogP contribution is 1.83. The van der Waals surface area contributed by atoms with Gasteiger partial charge < -0.3 is 4.79 Å². The molecule has 0 bridgehead atoms. The second-order valence-corrected chi connectivity index (χ2v) is 1.40. The maximum absolute atomic E-state index is 9.71. The van der Waals surface area contributed by atoms with Crippen LogP contribution in [0.4, 0.5) is 0 Å². The Balaban J connectivity index is 3.16. The first-order valence-electron chi connectivity index (χ1n) is 2.71. The molecule has 0 aromatic heterocycles. The third kappa shape index (κ3) is 5.19. The molecule has 0 fully saturated rings. The maximum atomic E-state index is 9.71. The molecule has 0 saturated carbocycles. The van der Waals surface area contributed by atoms with Crippen LogP contribution in [0.25, 0.3) is 0 Å². The molecule has 0 aliphatic rings. The van der Waals surface area contributed by atoms with E-state index in [4.69, 9.17) is 0 Å². The van der Waals surface area contributed by atoms with E-state index in [1.165, 1.54) is 0 Å². The molecule has 0 spiro atoms. The summed E-state index contributed by atoms with van der Waals surface area (Å²) in [6, 6.07) is 0. The van der Waals surface area contributed by atoms with Crippen molar-refractivity contribution < 1.29 is 4.79 Å². The van der Waals surface area contributed by atoms with E-state index in [1.807, 2.05) is 19.1 Å². The average molecular weight is 110 g/mol. The number of carbonyl (C=O) groups excluding carboxylic acids is 1. The van der Waals surface area contributed by atoms with Crippen molar-refractivity contribution in [3.63, 3.8) is 0 Å². The van der Waals surface area contributed by atoms with Crippen molar-refractivity contribution in [1.29, 1.82) is 0 Å². The van der Waals surface area contributed by atoms with Gasteiger partial charge in [0.2, 0.25) is 0 Å². The highest BCUT2D eigenvalue weighted by Gasteiger charge is 1.72. The smallest absolute Gasteiger partial charge is 0.120 e. The highest BCUT2D eigenvalue weighted by molar-refractivity contribution is 5.49. The molecule has 0 rings (SSSR count). The topological polar surface area (TPSA) is 17.1 Å². The molecule has 0 aliphatic carbocycles. The zero-order chi connectivity index (χ0) is 6.24. The van der Waals surface area contributed by atoms with Gasteiger partial charge in [-0.3, -0.25) is 0 Å². The molecule has 0 radical (unpaired) electrons. The molecule has 0 heterocycles. The molecule has 0 aromatic carbocycles. The van der Waals surface area contributed by atoms with E-state index < -0.39 is 0 Å². The Morgan fingerprint density at radius 3 is 2.75 bits per heavy atom. The highest BCUT2D eigenvalue weighted by atomic mass is 16.1. The molecule has 0 unspecified atom stereocenters. The first-order chi connectivity index (χ1) is 3.91. The first-order valence-corrected chi connectivity index (χ1v) is 2.71. The number of unbranched alkanes of at least 4 members (excludes halogenated alkanes) is 1. The van der Waals surface area contributed by atoms with E-state index in [2.05, 4.69) is 5.73 Å². The third-order valence-corrected chi connectivity index (χ3v) is 0.713. The summed E-state index contributed by atoms with van der Waals surface area (Å²) < 4.78 is 0. The summed E-state index contributed by atoms with van der Waals surface area (Å²) in [6.45, 7) is 1.90. The summed E-state index contributed by atoms with van der Waals surface area (Å²) in [5.41, 5.74) is 2.87. The first kappa shape index (κ1) is 7.19. The van der Waals surface area contributed by atoms with Gasteiger partial charge in [-0.15, -0.1) is 5.73 Å². The minimum atomic E-state index is 0.612. The number of carbonyl (C=O) groups is 1. The van der Waals surface area contributed by atoms with Crippen LogP contribution in [0.2, 0.25) is 0 Å². The third-order valence-electron chi connectivity index (χ3n) is 0.713. The van der Waals surface area contributed by atoms with Crippen LogP contribution in [0.1, 0.15) is 19.8 Å². The van der Waals surface area contributed by atoms with Crippen LogP contribution in [0, 0.1) is 0 Å². The molecule has 0 amide bonds. The molecular formula is C7H10O. The van der Waals surface area contributed by atoms with Crippen molar-refractivity contribution >= 4 is 6.29 Å². The number of aldehydes is 1. The van der Waals surface area contributed by atoms with E-state index in [-0.39, 0.29) is 0 Å². The number of hydrogen-bond acceptors (Lipinski definition) is 1. The molecule has 1 heteroatoms. The Bertz CT molecular complexity index is 108. The predicted octanol–water partition coefficient (Wildman–Crippen LogP) is 1.70. The Morgan fingerprint density at radius 1 is 1.50 bits per heavy atom. The van der Waals surface area contributed by atoms with Gasteiger partial charge in [-0.1, -0.05) is 0 Å². The average Bonchev–Trinajstić information content (AvgIpc) is 1.81. The fourth-order valence-corrected chi connectivity index (χ4v) is 0.353. The standard InChI is InChI=1S/C7H10O/c1-2-3-4-5-6-7-8/h2,4,7H,5-6H2,1H3. The van der Waals surface area contributed by atoms with Crippen LogP contribution in [-0.4, -0.2) is 6.29 Å². The Labute approximate surface area is 49.7 Å². The van der Waals surface area contributed by atoms with Gasteiger partial charge in [-0.05, 0) is 25.5 Å². The zero-order valence-corrected chi connectivity index (χ0v) is 5.05. The van der Waals surface area contributed by atoms with Crippen molar-refractivity contribution in [3.05, 3.63) is 17.9 Å². The maximum Gasteiger partial charge on any atom is 0.120 e. The van der Waals surface area contributed by atoms with Gasteiger partial charge in [-0.2, -0.15) is 0 Å². The van der Waals surface area contributed by atoms with Gasteiger partial charge in [0.15, 0.2) is 0 Å². The largest absolute Gasteiger partial charge is 0.303 e. The van der Waals surface area contributed by atoms with E-state index in [0.717, 1.165) is 12.7 Å². The Hall–Kier alpha value is -0.810. The summed E-state index contributed by atoms with van der Waals surface area (Å²) in [7, 11) is 0. The summed E-state index contributed by atoms with van der Waals surface area (Å²) >= 11 is 0. The van der Waals surface area contributed by atoms with E-state index in [1.54, 1.807) is 0 Å². The Kier molecular flexibility index (Phi) is 5.56. The van der Waals surface area contributed by atoms with Crippen molar-refractivity contribution in [2.24, 2.45) is 0 Å². The van der Waals surface area contributed by atoms with Gasteiger partial charge in [0, 0.05) is 6.42 Å². The second-order valence-electron chi connectivity index (χ2n) is 1.40. The van der Waals surface area contributed by atoms with Crippen molar-refractivity contribution in [2.75, 3.05) is 0 Å². The van der Waals surface area contributed by atoms with Gasteiger partial charge in [0.05, 0.1) is 0 Å². The monoisotopic (exact) mass is 110 g/mol. The molecule has 1 nitrogen and oxygen atoms in total. The van der Waals surface area contributed by atoms with E-state index in [0.29, 0.717) is 6.42 Å². The molecule has 8 heavy (non-hydrogen) atoms. The zero-order valence-electron chi connectivity index (χ0n) is 5.05. The predicted molar refractivity (Wildman–Crippen MR) is 33.6 cm³/mol. The second kappa shape index (κ2) is 6.19. The quantitative estimate of drug-likeness (QED) is 0.307. The number of rotatable bonds is 3. The number of hydrogen-bond donors (Lipinski definition) is 0. The molecular weight excluding hydrogens is 100 g/mol. The van der Waals surface area contributed by atoms with Crippen LogP contribution < -0.4 is 0 Å². The minimum absolute atomic E-state index is 0.612. The van der Waals surface area contributed by atoms with Crippen LogP contribution in [0.15, 0.2) is 17.9 Å². The summed E-state index contributed by atoms with van der Waals surface area (Å²) in [4.78, 5) is 9.71. The van der Waals surface area contributed by atoms with Gasteiger partial charge in [-0.25, -0.2) is 0 Å². The lowest BCUT2D eigenvalue weighted by molar-refractivity contribution is -0.107. The van der Waals surface area contributed by atoms with Gasteiger partial charge in [0.1, 0.15) is 6.29 Å². The van der Waals surface area contributed by atoms with Gasteiger partial charge >= 0.3 is 0 Å². The molecule has 0 aromatic rings. The molecule has 0 aliphatic heterocycles. The van der Waals surface area contributed by atoms with Crippen molar-refractivity contribution in [2.45, 2.75) is 19.8 Å². The van der Waals surface area contributed by atoms with Crippen LogP contribution in [0.5, 0.6) is 0 Å². The van der Waals surface area contributed by atoms with Crippen LogP contribution in [0.3, 0.4) is 0 Å². The van der Waals surface area contributed by atoms with Gasteiger partial charge in [0.25, 0.3) is 0 Å². The summed E-state index contributed by atoms with van der Waals surface area (Å²) in [5.74, 6) is 0. The lowest BCUT2D eigenvalue weighted by Gasteiger charge is -1.74. The van der Waals surface area contributed by atoms with Crippen molar-refractivity contribution in [1.82, 2.24) is 0 Å². The Morgan fingerprint density at radius 2 is 2.25 bits per heavy atom. The lowest BCUT2D eigenvalue weighted by Crippen LogP contribution is -1.67. The molecule has 44 valence electrons. The SMILES string of the molecule is CC=C=CCCC=O. The van der Waals surface area contributed by atoms with Crippen LogP contribution >= 0.6 is 0 Å². The fraction of sp³-hybridized carbons (Fsp3) is 0.429. The van der Waals surface area contributed by atoms with Crippen molar-refractivity contribution in [3.8, 4) is 0 Å². The van der Waals surface area contributed by atoms with E-state index in [9.17, 15) is 4.79 Å². The normalized spacial score (nSPS) is 7.12. The number of allylic oxidation sites excluding steroid dienone is 1. The fourth-order valence-electron chi connectivity index (χ4n) is 0.353.